The zero-order valence-electron chi connectivity index (χ0n) is 11.0. The topological polar surface area (TPSA) is 47.0 Å². The van der Waals surface area contributed by atoms with Gasteiger partial charge in [0.05, 0.1) is 11.4 Å². The van der Waals surface area contributed by atoms with Crippen molar-refractivity contribution in [3.05, 3.63) is 52.0 Å². The van der Waals surface area contributed by atoms with Crippen molar-refractivity contribution in [2.24, 2.45) is 0 Å². The molecule has 19 heavy (non-hydrogen) atoms. The van der Waals surface area contributed by atoms with E-state index in [0.29, 0.717) is 13.2 Å². The van der Waals surface area contributed by atoms with E-state index in [1.54, 1.807) is 6.20 Å². The highest BCUT2D eigenvalue weighted by Crippen LogP contribution is 2.18. The van der Waals surface area contributed by atoms with E-state index in [2.05, 4.69) is 31.2 Å². The van der Waals surface area contributed by atoms with E-state index in [1.165, 1.54) is 0 Å². The van der Waals surface area contributed by atoms with Crippen molar-refractivity contribution in [1.82, 2.24) is 15.3 Å². The van der Waals surface area contributed by atoms with Gasteiger partial charge in [0.1, 0.15) is 12.4 Å². The Bertz CT molecular complexity index is 543. The third kappa shape index (κ3) is 4.01. The van der Waals surface area contributed by atoms with Gasteiger partial charge in [-0.25, -0.2) is 0 Å². The van der Waals surface area contributed by atoms with Crippen LogP contribution in [-0.4, -0.2) is 17.0 Å². The number of hydrogen-bond donors (Lipinski definition) is 1. The average Bonchev–Trinajstić information content (AvgIpc) is 2.40. The molecule has 0 aliphatic heterocycles. The molecule has 5 heteroatoms. The van der Waals surface area contributed by atoms with Gasteiger partial charge in [-0.2, -0.15) is 0 Å². The number of hydrogen-bond acceptors (Lipinski definition) is 4. The number of rotatable bonds is 5. The Kier molecular flexibility index (Phi) is 4.87. The SMILES string of the molecule is CNCc1nc(C)ccc1OCc1ccc(Br)cn1. The Labute approximate surface area is 121 Å². The average molecular weight is 322 g/mol. The van der Waals surface area contributed by atoms with Crippen molar-refractivity contribution in [1.29, 1.82) is 0 Å². The smallest absolute Gasteiger partial charge is 0.142 e. The zero-order valence-corrected chi connectivity index (χ0v) is 12.6. The van der Waals surface area contributed by atoms with Crippen LogP contribution in [0.4, 0.5) is 0 Å². The molecule has 0 aliphatic rings. The minimum Gasteiger partial charge on any atom is -0.485 e. The summed E-state index contributed by atoms with van der Waals surface area (Å²) in [5, 5.41) is 3.09. The van der Waals surface area contributed by atoms with Gasteiger partial charge in [-0.3, -0.25) is 9.97 Å². The number of ether oxygens (including phenoxy) is 1. The molecule has 0 fully saturated rings. The molecule has 0 saturated carbocycles. The lowest BCUT2D eigenvalue weighted by molar-refractivity contribution is 0.295. The van der Waals surface area contributed by atoms with Gasteiger partial charge in [-0.15, -0.1) is 0 Å². The predicted octanol–water partition coefficient (Wildman–Crippen LogP) is 2.85. The molecule has 1 N–H and O–H groups in total. The molecule has 100 valence electrons. The summed E-state index contributed by atoms with van der Waals surface area (Å²) in [5.74, 6) is 0.796. The number of pyridine rings is 2. The van der Waals surface area contributed by atoms with Crippen molar-refractivity contribution in [2.75, 3.05) is 7.05 Å². The van der Waals surface area contributed by atoms with Gasteiger partial charge in [-0.05, 0) is 54.2 Å². The minimum atomic E-state index is 0.439. The van der Waals surface area contributed by atoms with Crippen molar-refractivity contribution >= 4 is 15.9 Å². The Morgan fingerprint density at radius 2 is 2.11 bits per heavy atom. The van der Waals surface area contributed by atoms with Crippen LogP contribution >= 0.6 is 15.9 Å². The molecule has 0 spiro atoms. The van der Waals surface area contributed by atoms with Crippen LogP contribution in [0.1, 0.15) is 17.1 Å². The lowest BCUT2D eigenvalue weighted by Crippen LogP contribution is -2.10. The first-order valence-corrected chi connectivity index (χ1v) is 6.82. The van der Waals surface area contributed by atoms with E-state index in [1.807, 2.05) is 38.2 Å². The minimum absolute atomic E-state index is 0.439. The summed E-state index contributed by atoms with van der Waals surface area (Å²) in [4.78, 5) is 8.75. The fourth-order valence-corrected chi connectivity index (χ4v) is 1.90. The second-order valence-corrected chi connectivity index (χ2v) is 5.10. The summed E-state index contributed by atoms with van der Waals surface area (Å²) in [7, 11) is 1.89. The number of aryl methyl sites for hydroxylation is 1. The van der Waals surface area contributed by atoms with E-state index in [4.69, 9.17) is 4.74 Å². The number of nitrogens with one attached hydrogen (secondary N) is 1. The first-order valence-electron chi connectivity index (χ1n) is 6.03. The van der Waals surface area contributed by atoms with Crippen molar-refractivity contribution in [3.8, 4) is 5.75 Å². The molecule has 0 aromatic carbocycles. The van der Waals surface area contributed by atoms with Crippen LogP contribution in [0.15, 0.2) is 34.9 Å². The maximum absolute atomic E-state index is 5.79. The summed E-state index contributed by atoms with van der Waals surface area (Å²) in [6.07, 6.45) is 1.76. The van der Waals surface area contributed by atoms with Crippen molar-refractivity contribution < 1.29 is 4.74 Å². The van der Waals surface area contributed by atoms with Gasteiger partial charge in [0, 0.05) is 22.9 Å². The molecular weight excluding hydrogens is 306 g/mol. The van der Waals surface area contributed by atoms with Gasteiger partial charge < -0.3 is 10.1 Å². The van der Waals surface area contributed by atoms with Gasteiger partial charge in [0.15, 0.2) is 0 Å². The molecule has 2 rings (SSSR count). The number of halogens is 1. The largest absolute Gasteiger partial charge is 0.485 e. The van der Waals surface area contributed by atoms with Crippen LogP contribution in [0.5, 0.6) is 5.75 Å². The first kappa shape index (κ1) is 14.0. The van der Waals surface area contributed by atoms with Crippen molar-refractivity contribution in [3.63, 3.8) is 0 Å². The van der Waals surface area contributed by atoms with E-state index in [9.17, 15) is 0 Å². The van der Waals surface area contributed by atoms with Crippen LogP contribution in [0.25, 0.3) is 0 Å². The molecule has 0 atom stereocenters. The van der Waals surface area contributed by atoms with Crippen LogP contribution in [0.3, 0.4) is 0 Å². The Hall–Kier alpha value is -1.46. The molecule has 0 aliphatic carbocycles. The standard InChI is InChI=1S/C14H16BrN3O/c1-10-3-6-14(13(18-10)8-16-2)19-9-12-5-4-11(15)7-17-12/h3-7,16H,8-9H2,1-2H3. The molecule has 0 bridgehead atoms. The van der Waals surface area contributed by atoms with Gasteiger partial charge in [-0.1, -0.05) is 0 Å². The predicted molar refractivity (Wildman–Crippen MR) is 78.0 cm³/mol. The molecule has 2 heterocycles. The van der Waals surface area contributed by atoms with E-state index >= 15 is 0 Å². The fraction of sp³-hybridized carbons (Fsp3) is 0.286. The fourth-order valence-electron chi connectivity index (χ4n) is 1.67. The van der Waals surface area contributed by atoms with E-state index in [0.717, 1.165) is 27.3 Å². The number of nitrogens with zero attached hydrogens (tertiary/aromatic N) is 2. The molecule has 0 amide bonds. The molecule has 2 aromatic heterocycles. The van der Waals surface area contributed by atoms with Crippen LogP contribution in [0.2, 0.25) is 0 Å². The quantitative estimate of drug-likeness (QED) is 0.919. The van der Waals surface area contributed by atoms with E-state index in [-0.39, 0.29) is 0 Å². The summed E-state index contributed by atoms with van der Waals surface area (Å²) < 4.78 is 6.75. The second-order valence-electron chi connectivity index (χ2n) is 4.18. The molecular formula is C14H16BrN3O. The second kappa shape index (κ2) is 6.63. The third-order valence-electron chi connectivity index (χ3n) is 2.58. The van der Waals surface area contributed by atoms with E-state index < -0.39 is 0 Å². The highest BCUT2D eigenvalue weighted by atomic mass is 79.9. The normalized spacial score (nSPS) is 10.5. The molecule has 0 radical (unpaired) electrons. The molecule has 0 saturated heterocycles. The third-order valence-corrected chi connectivity index (χ3v) is 3.05. The number of aromatic nitrogens is 2. The van der Waals surface area contributed by atoms with Crippen molar-refractivity contribution in [2.45, 2.75) is 20.1 Å². The highest BCUT2D eigenvalue weighted by molar-refractivity contribution is 9.10. The Balaban J connectivity index is 2.08. The Morgan fingerprint density at radius 3 is 2.79 bits per heavy atom. The van der Waals surface area contributed by atoms with Gasteiger partial charge >= 0.3 is 0 Å². The monoisotopic (exact) mass is 321 g/mol. The maximum atomic E-state index is 5.79. The van der Waals surface area contributed by atoms with Gasteiger partial charge in [0.2, 0.25) is 0 Å². The van der Waals surface area contributed by atoms with Crippen LogP contribution < -0.4 is 10.1 Å². The summed E-state index contributed by atoms with van der Waals surface area (Å²) in [6, 6.07) is 7.79. The first-order chi connectivity index (χ1) is 9.19. The lowest BCUT2D eigenvalue weighted by Gasteiger charge is -2.11. The van der Waals surface area contributed by atoms with Crippen LogP contribution in [-0.2, 0) is 13.2 Å². The highest BCUT2D eigenvalue weighted by Gasteiger charge is 2.06. The van der Waals surface area contributed by atoms with Gasteiger partial charge in [0.25, 0.3) is 0 Å². The lowest BCUT2D eigenvalue weighted by atomic mass is 10.3. The van der Waals surface area contributed by atoms with Crippen LogP contribution in [0, 0.1) is 6.92 Å². The summed E-state index contributed by atoms with van der Waals surface area (Å²) in [6.45, 7) is 3.10. The molecule has 0 unspecified atom stereocenters. The zero-order chi connectivity index (χ0) is 13.7. The Morgan fingerprint density at radius 1 is 1.26 bits per heavy atom. The summed E-state index contributed by atoms with van der Waals surface area (Å²) >= 11 is 3.36. The molecule has 4 nitrogen and oxygen atoms in total. The molecule has 2 aromatic rings. The summed E-state index contributed by atoms with van der Waals surface area (Å²) in [5.41, 5.74) is 2.79. The maximum Gasteiger partial charge on any atom is 0.142 e.